The van der Waals surface area contributed by atoms with E-state index in [0.717, 1.165) is 12.1 Å². The molecule has 0 aliphatic rings. The van der Waals surface area contributed by atoms with E-state index in [4.69, 9.17) is 0 Å². The SMILES string of the molecule is O=S(=O)(Nc1ccnc2ccncc12)c1ccc(F)c(F)c1. The van der Waals surface area contributed by atoms with Gasteiger partial charge in [-0.15, -0.1) is 0 Å². The van der Waals surface area contributed by atoms with Crippen LogP contribution in [0.1, 0.15) is 0 Å². The molecule has 1 N–H and O–H groups in total. The summed E-state index contributed by atoms with van der Waals surface area (Å²) in [5.74, 6) is -2.35. The number of pyridine rings is 2. The Morgan fingerprint density at radius 2 is 1.82 bits per heavy atom. The summed E-state index contributed by atoms with van der Waals surface area (Å²) in [6.07, 6.45) is 4.43. The van der Waals surface area contributed by atoms with Gasteiger partial charge in [0.25, 0.3) is 10.0 Å². The minimum atomic E-state index is -4.06. The molecular weight excluding hydrogens is 312 g/mol. The van der Waals surface area contributed by atoms with Crippen LogP contribution < -0.4 is 4.72 Å². The van der Waals surface area contributed by atoms with Gasteiger partial charge < -0.3 is 0 Å². The molecule has 1 aromatic carbocycles. The maximum atomic E-state index is 13.2. The number of aromatic nitrogens is 2. The predicted octanol–water partition coefficient (Wildman–Crippen LogP) is 2.71. The molecule has 0 saturated heterocycles. The fourth-order valence-electron chi connectivity index (χ4n) is 1.93. The Morgan fingerprint density at radius 3 is 2.59 bits per heavy atom. The molecule has 0 spiro atoms. The van der Waals surface area contributed by atoms with Crippen molar-refractivity contribution in [3.8, 4) is 0 Å². The summed E-state index contributed by atoms with van der Waals surface area (Å²) in [5, 5.41) is 0.496. The molecule has 0 aliphatic carbocycles. The van der Waals surface area contributed by atoms with Gasteiger partial charge in [0.1, 0.15) is 0 Å². The molecular formula is C14H9F2N3O2S. The molecule has 0 fully saturated rings. The Labute approximate surface area is 124 Å². The molecule has 0 atom stereocenters. The van der Waals surface area contributed by atoms with Crippen molar-refractivity contribution in [3.63, 3.8) is 0 Å². The zero-order chi connectivity index (χ0) is 15.7. The molecule has 0 aliphatic heterocycles. The van der Waals surface area contributed by atoms with Gasteiger partial charge in [0.05, 0.1) is 16.1 Å². The highest BCUT2D eigenvalue weighted by molar-refractivity contribution is 7.92. The molecule has 5 nitrogen and oxygen atoms in total. The van der Waals surface area contributed by atoms with Crippen molar-refractivity contribution < 1.29 is 17.2 Å². The zero-order valence-electron chi connectivity index (χ0n) is 11.0. The van der Waals surface area contributed by atoms with E-state index in [9.17, 15) is 17.2 Å². The van der Waals surface area contributed by atoms with Crippen molar-refractivity contribution in [2.75, 3.05) is 4.72 Å². The molecule has 0 unspecified atom stereocenters. The normalized spacial score (nSPS) is 11.5. The van der Waals surface area contributed by atoms with Crippen molar-refractivity contribution in [1.29, 1.82) is 0 Å². The number of benzene rings is 1. The van der Waals surface area contributed by atoms with Crippen LogP contribution in [0.3, 0.4) is 0 Å². The number of nitrogens with zero attached hydrogens (tertiary/aromatic N) is 2. The van der Waals surface area contributed by atoms with Crippen LogP contribution in [0.25, 0.3) is 10.9 Å². The van der Waals surface area contributed by atoms with Gasteiger partial charge >= 0.3 is 0 Å². The van der Waals surface area contributed by atoms with Gasteiger partial charge in [-0.25, -0.2) is 17.2 Å². The lowest BCUT2D eigenvalue weighted by Crippen LogP contribution is -2.13. The molecule has 0 bridgehead atoms. The van der Waals surface area contributed by atoms with Crippen LogP contribution in [0.2, 0.25) is 0 Å². The smallest absolute Gasteiger partial charge is 0.262 e. The number of halogens is 2. The van der Waals surface area contributed by atoms with E-state index in [1.807, 2.05) is 0 Å². The molecule has 2 aromatic heterocycles. The number of sulfonamides is 1. The third-order valence-corrected chi connectivity index (χ3v) is 4.35. The molecule has 8 heteroatoms. The third kappa shape index (κ3) is 2.60. The first-order valence-electron chi connectivity index (χ1n) is 6.14. The summed E-state index contributed by atoms with van der Waals surface area (Å²) in [4.78, 5) is 7.63. The van der Waals surface area contributed by atoms with E-state index >= 15 is 0 Å². The van der Waals surface area contributed by atoms with E-state index in [1.165, 1.54) is 24.7 Å². The first kappa shape index (κ1) is 14.3. The average molecular weight is 321 g/mol. The number of rotatable bonds is 3. The van der Waals surface area contributed by atoms with Crippen LogP contribution in [0.15, 0.2) is 53.8 Å². The summed E-state index contributed by atoms with van der Waals surface area (Å²) in [7, 11) is -4.06. The van der Waals surface area contributed by atoms with Crippen LogP contribution in [0, 0.1) is 11.6 Å². The van der Waals surface area contributed by atoms with Gasteiger partial charge in [-0.05, 0) is 30.3 Å². The second-order valence-corrected chi connectivity index (χ2v) is 6.12. The van der Waals surface area contributed by atoms with Gasteiger partial charge in [-0.2, -0.15) is 0 Å². The molecule has 3 rings (SSSR count). The molecule has 0 saturated carbocycles. The van der Waals surface area contributed by atoms with E-state index in [1.54, 1.807) is 6.07 Å². The fraction of sp³-hybridized carbons (Fsp3) is 0. The van der Waals surface area contributed by atoms with Crippen LogP contribution in [-0.2, 0) is 10.0 Å². The standard InChI is InChI=1S/C14H9F2N3O2S/c15-11-2-1-9(7-12(11)16)22(20,21)19-14-4-6-18-13-3-5-17-8-10(13)14/h1-8H,(H,18,19). The monoisotopic (exact) mass is 321 g/mol. The maximum absolute atomic E-state index is 13.2. The highest BCUT2D eigenvalue weighted by Crippen LogP contribution is 2.24. The zero-order valence-corrected chi connectivity index (χ0v) is 11.8. The largest absolute Gasteiger partial charge is 0.279 e. The second-order valence-electron chi connectivity index (χ2n) is 4.43. The average Bonchev–Trinajstić information content (AvgIpc) is 2.50. The summed E-state index contributed by atoms with van der Waals surface area (Å²) in [5.41, 5.74) is 0.809. The Morgan fingerprint density at radius 1 is 1.00 bits per heavy atom. The maximum Gasteiger partial charge on any atom is 0.262 e. The molecule has 22 heavy (non-hydrogen) atoms. The summed E-state index contributed by atoms with van der Waals surface area (Å²) in [6, 6.07) is 5.46. The van der Waals surface area contributed by atoms with Crippen LogP contribution in [0.4, 0.5) is 14.5 Å². The Kier molecular flexibility index (Phi) is 3.45. The van der Waals surface area contributed by atoms with E-state index < -0.39 is 21.7 Å². The summed E-state index contributed by atoms with van der Waals surface area (Å²) >= 11 is 0. The number of fused-ring (bicyclic) bond motifs is 1. The van der Waals surface area contributed by atoms with Crippen LogP contribution in [0.5, 0.6) is 0 Å². The lowest BCUT2D eigenvalue weighted by Gasteiger charge is -2.10. The molecule has 3 aromatic rings. The van der Waals surface area contributed by atoms with Crippen molar-refractivity contribution in [2.45, 2.75) is 4.90 Å². The first-order chi connectivity index (χ1) is 10.5. The Balaban J connectivity index is 2.05. The first-order valence-corrected chi connectivity index (χ1v) is 7.62. The van der Waals surface area contributed by atoms with Crippen molar-refractivity contribution in [2.24, 2.45) is 0 Å². The topological polar surface area (TPSA) is 72.0 Å². The van der Waals surface area contributed by atoms with E-state index in [-0.39, 0.29) is 10.6 Å². The van der Waals surface area contributed by atoms with Gasteiger partial charge in [-0.3, -0.25) is 14.7 Å². The number of anilines is 1. The van der Waals surface area contributed by atoms with Gasteiger partial charge in [0.2, 0.25) is 0 Å². The lowest BCUT2D eigenvalue weighted by atomic mass is 10.2. The second kappa shape index (κ2) is 5.30. The van der Waals surface area contributed by atoms with Crippen LogP contribution >= 0.6 is 0 Å². The quantitative estimate of drug-likeness (QED) is 0.805. The molecule has 0 radical (unpaired) electrons. The number of hydrogen-bond acceptors (Lipinski definition) is 4. The third-order valence-electron chi connectivity index (χ3n) is 2.99. The highest BCUT2D eigenvalue weighted by atomic mass is 32.2. The van der Waals surface area contributed by atoms with Gasteiger partial charge in [0, 0.05) is 24.0 Å². The number of hydrogen-bond donors (Lipinski definition) is 1. The Hall–Kier alpha value is -2.61. The molecule has 112 valence electrons. The van der Waals surface area contributed by atoms with Crippen molar-refractivity contribution in [1.82, 2.24) is 9.97 Å². The highest BCUT2D eigenvalue weighted by Gasteiger charge is 2.17. The minimum absolute atomic E-state index is 0.253. The fourth-order valence-corrected chi connectivity index (χ4v) is 3.02. The van der Waals surface area contributed by atoms with Crippen LogP contribution in [-0.4, -0.2) is 18.4 Å². The predicted molar refractivity (Wildman–Crippen MR) is 76.7 cm³/mol. The summed E-state index contributed by atoms with van der Waals surface area (Å²) in [6.45, 7) is 0. The molecule has 0 amide bonds. The van der Waals surface area contributed by atoms with E-state index in [2.05, 4.69) is 14.7 Å². The number of nitrogens with one attached hydrogen (secondary N) is 1. The summed E-state index contributed by atoms with van der Waals surface area (Å²) < 4.78 is 53.0. The van der Waals surface area contributed by atoms with Gasteiger partial charge in [-0.1, -0.05) is 0 Å². The van der Waals surface area contributed by atoms with Crippen molar-refractivity contribution >= 4 is 26.6 Å². The molecule has 2 heterocycles. The van der Waals surface area contributed by atoms with E-state index in [0.29, 0.717) is 17.0 Å². The lowest BCUT2D eigenvalue weighted by molar-refractivity contribution is 0.504. The Bertz CT molecular complexity index is 956. The van der Waals surface area contributed by atoms with Crippen molar-refractivity contribution in [3.05, 3.63) is 60.6 Å². The minimum Gasteiger partial charge on any atom is -0.279 e. The van der Waals surface area contributed by atoms with Gasteiger partial charge in [0.15, 0.2) is 11.6 Å².